The van der Waals surface area contributed by atoms with E-state index in [4.69, 9.17) is 9.47 Å². The molecule has 6 atom stereocenters. The Hall–Kier alpha value is -3.30. The maximum absolute atomic E-state index is 13.3. The van der Waals surface area contributed by atoms with Crippen molar-refractivity contribution in [1.82, 2.24) is 0 Å². The first-order chi connectivity index (χ1) is 25.0. The molecule has 8 rings (SSSR count). The van der Waals surface area contributed by atoms with E-state index < -0.39 is 30.9 Å². The molecule has 2 fully saturated rings. The Bertz CT molecular complexity index is 1960. The second kappa shape index (κ2) is 13.8. The van der Waals surface area contributed by atoms with Gasteiger partial charge in [0.1, 0.15) is 23.4 Å². The lowest BCUT2D eigenvalue weighted by Crippen LogP contribution is -2.36. The van der Waals surface area contributed by atoms with Crippen LogP contribution in [0.1, 0.15) is 101 Å². The zero-order chi connectivity index (χ0) is 36.8. The van der Waals surface area contributed by atoms with Crippen LogP contribution in [0.15, 0.2) is 119 Å². The Morgan fingerprint density at radius 2 is 0.865 bits per heavy atom. The van der Waals surface area contributed by atoms with Crippen molar-refractivity contribution in [2.24, 2.45) is 10.8 Å². The van der Waals surface area contributed by atoms with Crippen molar-refractivity contribution in [2.45, 2.75) is 112 Å². The lowest BCUT2D eigenvalue weighted by Gasteiger charge is -2.31. The SMILES string of the molecule is CCCC[C@]1(CC)CS(=O)(=O)c2ccccc2[C@@]2(c3ccccc3)O[C@@H]12.CCCC[C@]1(CC)CS(=O)(=O)c2ccccc2[C@]2(c3ccccc3)O[C@H]12. The average Bonchev–Trinajstić information content (AvgIpc) is 4.10. The molecule has 0 N–H and O–H groups in total. The molecule has 4 aromatic carbocycles. The number of fused-ring (bicyclic) bond motifs is 6. The zero-order valence-corrected chi connectivity index (χ0v) is 32.5. The molecule has 2 saturated heterocycles. The van der Waals surface area contributed by atoms with Gasteiger partial charge in [0.2, 0.25) is 0 Å². The quantitative estimate of drug-likeness (QED) is 0.151. The van der Waals surface area contributed by atoms with Crippen LogP contribution in [-0.2, 0) is 40.4 Å². The van der Waals surface area contributed by atoms with Gasteiger partial charge in [0.25, 0.3) is 0 Å². The molecule has 4 heterocycles. The lowest BCUT2D eigenvalue weighted by molar-refractivity contribution is 0.191. The monoisotopic (exact) mass is 740 g/mol. The molecule has 0 aromatic heterocycles. The molecule has 4 aliphatic heterocycles. The van der Waals surface area contributed by atoms with Crippen molar-refractivity contribution >= 4 is 19.7 Å². The van der Waals surface area contributed by atoms with Gasteiger partial charge in [-0.1, -0.05) is 150 Å². The molecular weight excluding hydrogens is 689 g/mol. The summed E-state index contributed by atoms with van der Waals surface area (Å²) >= 11 is 0. The van der Waals surface area contributed by atoms with E-state index in [-0.39, 0.29) is 34.5 Å². The van der Waals surface area contributed by atoms with E-state index in [2.05, 4.69) is 52.0 Å². The van der Waals surface area contributed by atoms with Gasteiger partial charge in [-0.2, -0.15) is 0 Å². The lowest BCUT2D eigenvalue weighted by atomic mass is 9.71. The molecule has 4 aliphatic rings. The van der Waals surface area contributed by atoms with E-state index in [0.29, 0.717) is 9.79 Å². The Morgan fingerprint density at radius 1 is 0.519 bits per heavy atom. The zero-order valence-electron chi connectivity index (χ0n) is 30.9. The van der Waals surface area contributed by atoms with Gasteiger partial charge in [-0.05, 0) is 48.9 Å². The molecule has 0 bridgehead atoms. The van der Waals surface area contributed by atoms with E-state index in [1.54, 1.807) is 12.1 Å². The highest BCUT2D eigenvalue weighted by Crippen LogP contribution is 2.65. The van der Waals surface area contributed by atoms with Crippen molar-refractivity contribution in [3.63, 3.8) is 0 Å². The third-order valence-corrected chi connectivity index (χ3v) is 16.4. The van der Waals surface area contributed by atoms with E-state index >= 15 is 0 Å². The molecule has 8 heteroatoms. The molecule has 6 nitrogen and oxygen atoms in total. The average molecular weight is 741 g/mol. The normalized spacial score (nSPS) is 31.5. The van der Waals surface area contributed by atoms with Crippen molar-refractivity contribution in [3.05, 3.63) is 131 Å². The van der Waals surface area contributed by atoms with Gasteiger partial charge in [0.05, 0.1) is 21.3 Å². The molecule has 0 unspecified atom stereocenters. The van der Waals surface area contributed by atoms with Gasteiger partial charge < -0.3 is 9.47 Å². The molecular formula is C44H52O6S2. The summed E-state index contributed by atoms with van der Waals surface area (Å²) in [6.07, 6.45) is 7.34. The highest BCUT2D eigenvalue weighted by Gasteiger charge is 2.71. The van der Waals surface area contributed by atoms with Crippen LogP contribution >= 0.6 is 0 Å². The topological polar surface area (TPSA) is 93.3 Å². The van der Waals surface area contributed by atoms with Gasteiger partial charge in [0, 0.05) is 22.0 Å². The number of epoxide rings is 2. The summed E-state index contributed by atoms with van der Waals surface area (Å²) in [7, 11) is -6.71. The van der Waals surface area contributed by atoms with Crippen LogP contribution in [0, 0.1) is 10.8 Å². The van der Waals surface area contributed by atoms with Crippen molar-refractivity contribution in [1.29, 1.82) is 0 Å². The van der Waals surface area contributed by atoms with Gasteiger partial charge in [0.15, 0.2) is 19.7 Å². The minimum atomic E-state index is -3.36. The number of hydrogen-bond donors (Lipinski definition) is 0. The summed E-state index contributed by atoms with van der Waals surface area (Å²) in [5.41, 5.74) is 1.78. The number of unbranched alkanes of at least 4 members (excludes halogenated alkanes) is 2. The van der Waals surface area contributed by atoms with Gasteiger partial charge in [-0.3, -0.25) is 0 Å². The fraction of sp³-hybridized carbons (Fsp3) is 0.455. The number of benzene rings is 4. The highest BCUT2D eigenvalue weighted by molar-refractivity contribution is 7.91. The standard InChI is InChI=1S/2C22H26O3S/c2*1-3-5-15-21(4-2)16-26(23,24)19-14-10-9-13-18(19)22(20(21)25-22)17-11-7-6-8-12-17/h2*6-14,20H,3-5,15-16H2,1-2H3/t20-,21+,22+;20-,21-,22+/m01/s1. The van der Waals surface area contributed by atoms with Crippen LogP contribution in [0.4, 0.5) is 0 Å². The van der Waals surface area contributed by atoms with Crippen LogP contribution < -0.4 is 0 Å². The first kappa shape index (κ1) is 37.0. The van der Waals surface area contributed by atoms with Crippen molar-refractivity contribution in [2.75, 3.05) is 11.5 Å². The highest BCUT2D eigenvalue weighted by atomic mass is 32.2. The van der Waals surface area contributed by atoms with Crippen molar-refractivity contribution < 1.29 is 26.3 Å². The van der Waals surface area contributed by atoms with Crippen LogP contribution in [0.25, 0.3) is 0 Å². The summed E-state index contributed by atoms with van der Waals surface area (Å²) < 4.78 is 66.2. The van der Waals surface area contributed by atoms with Crippen LogP contribution in [0.2, 0.25) is 0 Å². The third kappa shape index (κ3) is 5.89. The molecule has 0 amide bonds. The third-order valence-electron chi connectivity index (χ3n) is 12.4. The molecule has 0 spiro atoms. The predicted molar refractivity (Wildman–Crippen MR) is 206 cm³/mol. The Morgan fingerprint density at radius 3 is 1.21 bits per heavy atom. The van der Waals surface area contributed by atoms with Crippen molar-refractivity contribution in [3.8, 4) is 0 Å². The molecule has 0 aliphatic carbocycles. The van der Waals surface area contributed by atoms with Crippen LogP contribution in [0.3, 0.4) is 0 Å². The Labute approximate surface area is 310 Å². The Kier molecular flexibility index (Phi) is 9.86. The smallest absolute Gasteiger partial charge is 0.179 e. The molecule has 4 aromatic rings. The summed E-state index contributed by atoms with van der Waals surface area (Å²) in [5.74, 6) is 0.347. The van der Waals surface area contributed by atoms with E-state index in [1.165, 1.54) is 0 Å². The fourth-order valence-electron chi connectivity index (χ4n) is 9.49. The minimum absolute atomic E-state index is 0.0904. The fourth-order valence-corrected chi connectivity index (χ4v) is 14.0. The molecule has 276 valence electrons. The first-order valence-corrected chi connectivity index (χ1v) is 22.4. The molecule has 0 saturated carbocycles. The summed E-state index contributed by atoms with van der Waals surface area (Å²) in [5, 5.41) is 0. The Balaban J connectivity index is 0.000000162. The minimum Gasteiger partial charge on any atom is -0.355 e. The van der Waals surface area contributed by atoms with Gasteiger partial charge in [-0.15, -0.1) is 0 Å². The first-order valence-electron chi connectivity index (χ1n) is 19.1. The maximum atomic E-state index is 13.3. The number of ether oxygens (including phenoxy) is 2. The van der Waals surface area contributed by atoms with Gasteiger partial charge in [-0.25, -0.2) is 16.8 Å². The summed E-state index contributed by atoms with van der Waals surface area (Å²) in [6, 6.07) is 35.1. The van der Waals surface area contributed by atoms with E-state index in [0.717, 1.165) is 73.6 Å². The van der Waals surface area contributed by atoms with E-state index in [9.17, 15) is 16.8 Å². The van der Waals surface area contributed by atoms with Crippen LogP contribution in [0.5, 0.6) is 0 Å². The summed E-state index contributed by atoms with van der Waals surface area (Å²) in [6.45, 7) is 8.53. The van der Waals surface area contributed by atoms with Gasteiger partial charge >= 0.3 is 0 Å². The second-order valence-electron chi connectivity index (χ2n) is 15.3. The summed E-state index contributed by atoms with van der Waals surface area (Å²) in [4.78, 5) is 0.886. The molecule has 52 heavy (non-hydrogen) atoms. The molecule has 0 radical (unpaired) electrons. The number of sulfone groups is 2. The predicted octanol–water partition coefficient (Wildman–Crippen LogP) is 9.41. The van der Waals surface area contributed by atoms with Crippen LogP contribution in [-0.4, -0.2) is 40.5 Å². The number of hydrogen-bond acceptors (Lipinski definition) is 6. The van der Waals surface area contributed by atoms with E-state index in [1.807, 2.05) is 72.8 Å². The largest absolute Gasteiger partial charge is 0.355 e. The second-order valence-corrected chi connectivity index (χ2v) is 19.3. The number of rotatable bonds is 10. The maximum Gasteiger partial charge on any atom is 0.179 e.